The van der Waals surface area contributed by atoms with Crippen LogP contribution >= 0.6 is 11.3 Å². The van der Waals surface area contributed by atoms with Gasteiger partial charge in [-0.1, -0.05) is 12.1 Å². The molecule has 0 bridgehead atoms. The molecule has 1 aliphatic rings. The lowest BCUT2D eigenvalue weighted by Crippen LogP contribution is -2.50. The molecule has 0 radical (unpaired) electrons. The summed E-state index contributed by atoms with van der Waals surface area (Å²) in [6.45, 7) is 3.33. The molecule has 0 spiro atoms. The zero-order valence-electron chi connectivity index (χ0n) is 16.6. The Morgan fingerprint density at radius 2 is 1.93 bits per heavy atom. The number of nitrogens with zero attached hydrogens (tertiary/aromatic N) is 4. The van der Waals surface area contributed by atoms with E-state index in [4.69, 9.17) is 0 Å². The van der Waals surface area contributed by atoms with Gasteiger partial charge in [-0.25, -0.2) is 13.4 Å². The van der Waals surface area contributed by atoms with Crippen LogP contribution in [0, 0.1) is 0 Å². The third-order valence-corrected chi connectivity index (χ3v) is 7.53. The van der Waals surface area contributed by atoms with Gasteiger partial charge in [-0.15, -0.1) is 11.3 Å². The van der Waals surface area contributed by atoms with Crippen molar-refractivity contribution in [3.05, 3.63) is 46.8 Å². The summed E-state index contributed by atoms with van der Waals surface area (Å²) >= 11 is 1.73. The lowest BCUT2D eigenvalue weighted by atomic mass is 10.3. The van der Waals surface area contributed by atoms with Gasteiger partial charge < -0.3 is 15.5 Å². The van der Waals surface area contributed by atoms with Crippen LogP contribution in [-0.2, 0) is 16.4 Å². The topological polar surface area (TPSA) is 89.9 Å². The summed E-state index contributed by atoms with van der Waals surface area (Å²) in [5, 5.41) is 8.38. The lowest BCUT2D eigenvalue weighted by Gasteiger charge is -2.34. The van der Waals surface area contributed by atoms with Crippen molar-refractivity contribution in [2.24, 2.45) is 4.99 Å². The molecule has 8 nitrogen and oxygen atoms in total. The second-order valence-corrected chi connectivity index (χ2v) is 9.77. The first-order chi connectivity index (χ1) is 14.1. The number of thiophene rings is 1. The smallest absolute Gasteiger partial charge is 0.215 e. The van der Waals surface area contributed by atoms with E-state index in [2.05, 4.69) is 37.0 Å². The Bertz CT molecular complexity index is 863. The first-order valence-corrected chi connectivity index (χ1v) is 12.2. The van der Waals surface area contributed by atoms with E-state index in [9.17, 15) is 8.42 Å². The molecule has 3 heterocycles. The normalized spacial score (nSPS) is 16.0. The van der Waals surface area contributed by atoms with E-state index in [1.54, 1.807) is 28.9 Å². The van der Waals surface area contributed by atoms with E-state index < -0.39 is 10.0 Å². The molecular formula is C19H28N6O2S2. The number of rotatable bonds is 8. The Labute approximate surface area is 176 Å². The van der Waals surface area contributed by atoms with Crippen molar-refractivity contribution in [1.29, 1.82) is 0 Å². The average molecular weight is 437 g/mol. The molecule has 1 fully saturated rings. The molecule has 2 aromatic heterocycles. The molecule has 10 heteroatoms. The maximum absolute atomic E-state index is 12.7. The first-order valence-electron chi connectivity index (χ1n) is 9.69. The molecule has 158 valence electrons. The van der Waals surface area contributed by atoms with Gasteiger partial charge in [0.15, 0.2) is 5.96 Å². The van der Waals surface area contributed by atoms with Gasteiger partial charge >= 0.3 is 0 Å². The highest BCUT2D eigenvalue weighted by atomic mass is 32.2. The summed E-state index contributed by atoms with van der Waals surface area (Å²) in [6, 6.07) is 9.91. The van der Waals surface area contributed by atoms with Gasteiger partial charge in [0, 0.05) is 57.4 Å². The molecule has 2 N–H and O–H groups in total. The van der Waals surface area contributed by atoms with E-state index in [0.29, 0.717) is 38.7 Å². The van der Waals surface area contributed by atoms with Crippen LogP contribution in [-0.4, -0.2) is 75.7 Å². The SMILES string of the molecule is CN=C(NCCc1cccs1)NCCS(=O)(=O)N1CCN(c2ccccn2)CC1. The first kappa shape index (κ1) is 21.5. The maximum Gasteiger partial charge on any atom is 0.215 e. The number of pyridine rings is 1. The van der Waals surface area contributed by atoms with Crippen molar-refractivity contribution in [1.82, 2.24) is 19.9 Å². The van der Waals surface area contributed by atoms with Crippen LogP contribution in [0.1, 0.15) is 4.88 Å². The second kappa shape index (κ2) is 10.6. The maximum atomic E-state index is 12.7. The third kappa shape index (κ3) is 6.41. The van der Waals surface area contributed by atoms with Crippen LogP contribution in [0.2, 0.25) is 0 Å². The summed E-state index contributed by atoms with van der Waals surface area (Å²) < 4.78 is 26.9. The predicted octanol–water partition coefficient (Wildman–Crippen LogP) is 1.00. The zero-order valence-corrected chi connectivity index (χ0v) is 18.3. The van der Waals surface area contributed by atoms with E-state index >= 15 is 0 Å². The molecule has 3 rings (SSSR count). The number of hydrogen-bond donors (Lipinski definition) is 2. The molecule has 0 amide bonds. The van der Waals surface area contributed by atoms with Crippen LogP contribution in [0.25, 0.3) is 0 Å². The fourth-order valence-electron chi connectivity index (χ4n) is 3.14. The van der Waals surface area contributed by atoms with Crippen molar-refractivity contribution < 1.29 is 8.42 Å². The number of nitrogens with one attached hydrogen (secondary N) is 2. The third-order valence-electron chi connectivity index (χ3n) is 4.73. The van der Waals surface area contributed by atoms with Crippen LogP contribution in [0.3, 0.4) is 0 Å². The molecule has 0 aliphatic carbocycles. The van der Waals surface area contributed by atoms with Gasteiger partial charge in [0.05, 0.1) is 5.75 Å². The monoisotopic (exact) mass is 436 g/mol. The summed E-state index contributed by atoms with van der Waals surface area (Å²) in [4.78, 5) is 11.9. The standard InChI is InChI=1S/C19H28N6O2S2/c1-20-19(22-9-7-17-5-4-15-28-17)23-10-16-29(26,27)25-13-11-24(12-14-25)18-6-2-3-8-21-18/h2-6,8,15H,7,9-14,16H2,1H3,(H2,20,22,23). The van der Waals surface area contributed by atoms with Crippen molar-refractivity contribution in [2.45, 2.75) is 6.42 Å². The molecule has 0 saturated carbocycles. The Balaban J connectivity index is 1.39. The Morgan fingerprint density at radius 3 is 2.59 bits per heavy atom. The van der Waals surface area contributed by atoms with Crippen LogP contribution in [0.5, 0.6) is 0 Å². The average Bonchev–Trinajstić information content (AvgIpc) is 3.27. The van der Waals surface area contributed by atoms with Crippen molar-refractivity contribution in [3.8, 4) is 0 Å². The summed E-state index contributed by atoms with van der Waals surface area (Å²) in [7, 11) is -1.62. The number of guanidine groups is 1. The largest absolute Gasteiger partial charge is 0.356 e. The minimum atomic E-state index is -3.31. The fourth-order valence-corrected chi connectivity index (χ4v) is 5.19. The Hall–Kier alpha value is -2.17. The molecule has 0 aromatic carbocycles. The second-order valence-electron chi connectivity index (χ2n) is 6.65. The molecular weight excluding hydrogens is 408 g/mol. The number of aliphatic imine (C=N–C) groups is 1. The highest BCUT2D eigenvalue weighted by Gasteiger charge is 2.27. The number of anilines is 1. The minimum Gasteiger partial charge on any atom is -0.356 e. The Morgan fingerprint density at radius 1 is 1.14 bits per heavy atom. The predicted molar refractivity (Wildman–Crippen MR) is 119 cm³/mol. The molecule has 29 heavy (non-hydrogen) atoms. The Kier molecular flexibility index (Phi) is 7.84. The number of piperazine rings is 1. The highest BCUT2D eigenvalue weighted by molar-refractivity contribution is 7.89. The molecule has 0 atom stereocenters. The van der Waals surface area contributed by atoms with Gasteiger partial charge in [0.25, 0.3) is 0 Å². The van der Waals surface area contributed by atoms with E-state index in [1.807, 2.05) is 24.3 Å². The van der Waals surface area contributed by atoms with Gasteiger partial charge in [0.1, 0.15) is 5.82 Å². The number of hydrogen-bond acceptors (Lipinski definition) is 6. The van der Waals surface area contributed by atoms with Crippen LogP contribution in [0.15, 0.2) is 46.9 Å². The van der Waals surface area contributed by atoms with Gasteiger partial charge in [-0.2, -0.15) is 4.31 Å². The van der Waals surface area contributed by atoms with Gasteiger partial charge in [0.2, 0.25) is 10.0 Å². The molecule has 0 unspecified atom stereocenters. The minimum absolute atomic E-state index is 0.0439. The van der Waals surface area contributed by atoms with Gasteiger partial charge in [-0.3, -0.25) is 4.99 Å². The summed E-state index contributed by atoms with van der Waals surface area (Å²) in [5.74, 6) is 1.56. The lowest BCUT2D eigenvalue weighted by molar-refractivity contribution is 0.384. The van der Waals surface area contributed by atoms with Crippen molar-refractivity contribution in [3.63, 3.8) is 0 Å². The summed E-state index contributed by atoms with van der Waals surface area (Å²) in [6.07, 6.45) is 2.67. The molecule has 1 saturated heterocycles. The van der Waals surface area contributed by atoms with Crippen LogP contribution in [0.4, 0.5) is 5.82 Å². The molecule has 2 aromatic rings. The molecule has 1 aliphatic heterocycles. The van der Waals surface area contributed by atoms with Crippen LogP contribution < -0.4 is 15.5 Å². The highest BCUT2D eigenvalue weighted by Crippen LogP contribution is 2.14. The zero-order chi connectivity index (χ0) is 20.5. The number of aromatic nitrogens is 1. The van der Waals surface area contributed by atoms with E-state index in [1.165, 1.54) is 4.88 Å². The van der Waals surface area contributed by atoms with E-state index in [0.717, 1.165) is 18.8 Å². The number of sulfonamides is 1. The quantitative estimate of drug-likeness (QED) is 0.474. The van der Waals surface area contributed by atoms with Crippen molar-refractivity contribution in [2.75, 3.05) is 57.0 Å². The van der Waals surface area contributed by atoms with Gasteiger partial charge in [-0.05, 0) is 30.0 Å². The van der Waals surface area contributed by atoms with Crippen molar-refractivity contribution >= 4 is 33.1 Å². The fraction of sp³-hybridized carbons (Fsp3) is 0.474. The van der Waals surface area contributed by atoms with E-state index in [-0.39, 0.29) is 5.75 Å². The summed E-state index contributed by atoms with van der Waals surface area (Å²) in [5.41, 5.74) is 0.